The number of pyridine rings is 1. The third kappa shape index (κ3) is 5.22. The van der Waals surface area contributed by atoms with Crippen LogP contribution in [0.5, 0.6) is 0 Å². The number of benzene rings is 1. The van der Waals surface area contributed by atoms with E-state index in [1.54, 1.807) is 39.0 Å². The molecule has 0 unspecified atom stereocenters. The van der Waals surface area contributed by atoms with Gasteiger partial charge in [0.1, 0.15) is 10.5 Å². The van der Waals surface area contributed by atoms with E-state index in [0.29, 0.717) is 47.7 Å². The second-order valence-electron chi connectivity index (χ2n) is 8.40. The summed E-state index contributed by atoms with van der Waals surface area (Å²) < 4.78 is 33.9. The molecule has 164 valence electrons. The molecule has 0 atom stereocenters. The maximum atomic E-state index is 13.3. The lowest BCUT2D eigenvalue weighted by Gasteiger charge is -2.31. The monoisotopic (exact) mass is 499 g/mol. The van der Waals surface area contributed by atoms with Gasteiger partial charge in [-0.05, 0) is 57.7 Å². The number of hydrogen-bond acceptors (Lipinski definition) is 5. The van der Waals surface area contributed by atoms with Crippen LogP contribution in [0.2, 0.25) is 0 Å². The Morgan fingerprint density at radius 2 is 1.93 bits per heavy atom. The number of aromatic amines is 1. The van der Waals surface area contributed by atoms with Crippen LogP contribution in [-0.2, 0) is 14.8 Å². The predicted molar refractivity (Wildman–Crippen MR) is 118 cm³/mol. The summed E-state index contributed by atoms with van der Waals surface area (Å²) in [6.45, 7) is 6.53. The fourth-order valence-corrected chi connectivity index (χ4v) is 5.44. The molecule has 1 aliphatic rings. The van der Waals surface area contributed by atoms with Gasteiger partial charge in [0.05, 0.1) is 0 Å². The molecule has 1 aliphatic heterocycles. The molecular weight excluding hydrogens is 474 g/mol. The first-order chi connectivity index (χ1) is 14.0. The number of hydrogen-bond donors (Lipinski definition) is 2. The van der Waals surface area contributed by atoms with Crippen molar-refractivity contribution >= 4 is 42.8 Å². The molecule has 2 heterocycles. The first-order valence-electron chi connectivity index (χ1n) is 9.75. The van der Waals surface area contributed by atoms with Gasteiger partial charge in [0.2, 0.25) is 10.0 Å². The molecule has 8 nitrogen and oxygen atoms in total. The Hall–Kier alpha value is -1.91. The van der Waals surface area contributed by atoms with Gasteiger partial charge in [-0.25, -0.2) is 13.2 Å². The van der Waals surface area contributed by atoms with Gasteiger partial charge in [-0.3, -0.25) is 4.79 Å². The molecule has 1 amide bonds. The molecule has 0 saturated carbocycles. The number of carbonyl (C=O) groups is 1. The van der Waals surface area contributed by atoms with Crippen LogP contribution in [0.3, 0.4) is 0 Å². The summed E-state index contributed by atoms with van der Waals surface area (Å²) in [4.78, 5) is 26.5. The molecular formula is C20H26BrN3O5S. The third-order valence-corrected chi connectivity index (χ3v) is 7.38. The number of aromatic nitrogens is 1. The second kappa shape index (κ2) is 8.68. The number of H-pyrrole nitrogens is 1. The third-order valence-electron chi connectivity index (χ3n) is 4.95. The zero-order valence-corrected chi connectivity index (χ0v) is 19.6. The summed E-state index contributed by atoms with van der Waals surface area (Å²) in [5, 5.41) is 3.48. The number of nitrogens with zero attached hydrogens (tertiary/aromatic N) is 1. The van der Waals surface area contributed by atoms with Gasteiger partial charge in [0.25, 0.3) is 5.56 Å². The molecule has 1 fully saturated rings. The van der Waals surface area contributed by atoms with E-state index in [2.05, 4.69) is 26.2 Å². The van der Waals surface area contributed by atoms with E-state index in [0.717, 1.165) is 0 Å². The number of carbonyl (C=O) groups excluding carboxylic acids is 1. The van der Waals surface area contributed by atoms with E-state index in [4.69, 9.17) is 4.74 Å². The molecule has 0 aliphatic carbocycles. The SMILES string of the molecule is CC(C)(C)OC(=O)NCC1CCN(S(=O)(=O)c2c[nH]c(=O)c3ccc(Br)cc23)CC1. The second-order valence-corrected chi connectivity index (χ2v) is 11.2. The lowest BCUT2D eigenvalue weighted by Crippen LogP contribution is -2.42. The highest BCUT2D eigenvalue weighted by molar-refractivity contribution is 9.10. The van der Waals surface area contributed by atoms with Gasteiger partial charge in [0, 0.05) is 41.1 Å². The summed E-state index contributed by atoms with van der Waals surface area (Å²) in [6.07, 6.45) is 2.05. The topological polar surface area (TPSA) is 109 Å². The van der Waals surface area contributed by atoms with Crippen molar-refractivity contribution in [3.05, 3.63) is 39.2 Å². The maximum absolute atomic E-state index is 13.3. The highest BCUT2D eigenvalue weighted by Gasteiger charge is 2.31. The standard InChI is InChI=1S/C20H26BrN3O5S/c1-20(2,3)29-19(26)23-11-13-6-8-24(9-7-13)30(27,28)17-12-22-18(25)15-5-4-14(21)10-16(15)17/h4-5,10,12-13H,6-9,11H2,1-3H3,(H,22,25)(H,23,26). The smallest absolute Gasteiger partial charge is 0.407 e. The van der Waals surface area contributed by atoms with Gasteiger partial charge in [-0.2, -0.15) is 4.31 Å². The van der Waals surface area contributed by atoms with Crippen molar-refractivity contribution in [1.82, 2.24) is 14.6 Å². The Bertz CT molecular complexity index is 1100. The van der Waals surface area contributed by atoms with Crippen molar-refractivity contribution in [1.29, 1.82) is 0 Å². The van der Waals surface area contributed by atoms with E-state index in [1.165, 1.54) is 10.5 Å². The predicted octanol–water partition coefficient (Wildman–Crippen LogP) is 3.22. The van der Waals surface area contributed by atoms with E-state index < -0.39 is 21.7 Å². The van der Waals surface area contributed by atoms with Crippen molar-refractivity contribution in [3.8, 4) is 0 Å². The molecule has 1 aromatic heterocycles. The molecule has 0 spiro atoms. The molecule has 1 saturated heterocycles. The highest BCUT2D eigenvalue weighted by atomic mass is 79.9. The van der Waals surface area contributed by atoms with E-state index in [1.807, 2.05) is 0 Å². The molecule has 10 heteroatoms. The van der Waals surface area contributed by atoms with Crippen molar-refractivity contribution in [2.75, 3.05) is 19.6 Å². The highest BCUT2D eigenvalue weighted by Crippen LogP contribution is 2.28. The van der Waals surface area contributed by atoms with Gasteiger partial charge in [-0.1, -0.05) is 15.9 Å². The summed E-state index contributed by atoms with van der Waals surface area (Å²) in [5.41, 5.74) is -0.890. The average molecular weight is 500 g/mol. The zero-order chi connectivity index (χ0) is 22.1. The average Bonchev–Trinajstić information content (AvgIpc) is 2.65. The fourth-order valence-electron chi connectivity index (χ4n) is 3.45. The lowest BCUT2D eigenvalue weighted by molar-refractivity contribution is 0.0513. The lowest BCUT2D eigenvalue weighted by atomic mass is 9.98. The number of nitrogens with one attached hydrogen (secondary N) is 2. The Labute approximate surface area is 184 Å². The molecule has 30 heavy (non-hydrogen) atoms. The van der Waals surface area contributed by atoms with Gasteiger partial charge in [0.15, 0.2) is 0 Å². The van der Waals surface area contributed by atoms with Crippen molar-refractivity contribution in [2.24, 2.45) is 5.92 Å². The minimum atomic E-state index is -3.77. The van der Waals surface area contributed by atoms with Crippen molar-refractivity contribution < 1.29 is 17.9 Å². The Kier molecular flexibility index (Phi) is 6.59. The number of piperidine rings is 1. The van der Waals surface area contributed by atoms with E-state index >= 15 is 0 Å². The van der Waals surface area contributed by atoms with E-state index in [-0.39, 0.29) is 16.4 Å². The minimum Gasteiger partial charge on any atom is -0.444 e. The molecule has 0 radical (unpaired) electrons. The number of ether oxygens (including phenoxy) is 1. The van der Waals surface area contributed by atoms with Crippen LogP contribution >= 0.6 is 15.9 Å². The van der Waals surface area contributed by atoms with Crippen LogP contribution in [-0.4, -0.2) is 49.0 Å². The van der Waals surface area contributed by atoms with Crippen LogP contribution in [0.15, 0.2) is 38.6 Å². The number of rotatable bonds is 4. The number of sulfonamides is 1. The van der Waals surface area contributed by atoms with Crippen LogP contribution in [0.25, 0.3) is 10.8 Å². The zero-order valence-electron chi connectivity index (χ0n) is 17.2. The molecule has 2 aromatic rings. The first-order valence-corrected chi connectivity index (χ1v) is 12.0. The Morgan fingerprint density at radius 3 is 2.57 bits per heavy atom. The number of halogens is 1. The van der Waals surface area contributed by atoms with Gasteiger partial charge in [-0.15, -0.1) is 0 Å². The largest absolute Gasteiger partial charge is 0.444 e. The summed E-state index contributed by atoms with van der Waals surface area (Å²) in [6, 6.07) is 4.96. The number of fused-ring (bicyclic) bond motifs is 1. The number of alkyl carbamates (subject to hydrolysis) is 1. The molecule has 1 aromatic carbocycles. The Balaban J connectivity index is 1.69. The van der Waals surface area contributed by atoms with Crippen LogP contribution < -0.4 is 10.9 Å². The van der Waals surface area contributed by atoms with Gasteiger partial charge < -0.3 is 15.0 Å². The first kappa shape index (κ1) is 22.8. The number of amides is 1. The van der Waals surface area contributed by atoms with Crippen LogP contribution in [0, 0.1) is 5.92 Å². The molecule has 3 rings (SSSR count). The molecule has 2 N–H and O–H groups in total. The fraction of sp³-hybridized carbons (Fsp3) is 0.500. The normalized spacial score (nSPS) is 16.5. The van der Waals surface area contributed by atoms with E-state index in [9.17, 15) is 18.0 Å². The quantitative estimate of drug-likeness (QED) is 0.671. The summed E-state index contributed by atoms with van der Waals surface area (Å²) in [7, 11) is -3.77. The maximum Gasteiger partial charge on any atom is 0.407 e. The van der Waals surface area contributed by atoms with Crippen LogP contribution in [0.1, 0.15) is 33.6 Å². The van der Waals surface area contributed by atoms with Gasteiger partial charge >= 0.3 is 6.09 Å². The molecule has 0 bridgehead atoms. The van der Waals surface area contributed by atoms with Crippen molar-refractivity contribution in [2.45, 2.75) is 44.1 Å². The summed E-state index contributed by atoms with van der Waals surface area (Å²) in [5.74, 6) is 0.172. The minimum absolute atomic E-state index is 0.0868. The summed E-state index contributed by atoms with van der Waals surface area (Å²) >= 11 is 3.34. The van der Waals surface area contributed by atoms with Crippen molar-refractivity contribution in [3.63, 3.8) is 0 Å². The van der Waals surface area contributed by atoms with Crippen LogP contribution in [0.4, 0.5) is 4.79 Å². The Morgan fingerprint density at radius 1 is 1.27 bits per heavy atom.